The molecule has 27 heavy (non-hydrogen) atoms. The molecule has 2 aromatic carbocycles. The van der Waals surface area contributed by atoms with Gasteiger partial charge >= 0.3 is 0 Å². The molecule has 0 aliphatic rings. The fraction of sp³-hybridized carbons (Fsp3) is 0.176. The quantitative estimate of drug-likeness (QED) is 0.571. The molecule has 0 saturated heterocycles. The van der Waals surface area contributed by atoms with Gasteiger partial charge in [-0.1, -0.05) is 6.07 Å². The molecule has 0 saturated carbocycles. The molecule has 0 aliphatic carbocycles. The van der Waals surface area contributed by atoms with Gasteiger partial charge in [0.15, 0.2) is 5.11 Å². The van der Waals surface area contributed by atoms with Crippen LogP contribution >= 0.6 is 12.2 Å². The number of methoxy groups -OCH3 is 1. The van der Waals surface area contributed by atoms with Crippen LogP contribution in [0.4, 0.5) is 11.4 Å². The number of hydrogen-bond acceptors (Lipinski definition) is 5. The van der Waals surface area contributed by atoms with E-state index in [1.54, 1.807) is 0 Å². The van der Waals surface area contributed by atoms with Gasteiger partial charge in [0, 0.05) is 7.05 Å². The lowest BCUT2D eigenvalue weighted by atomic mass is 10.2. The molecule has 0 spiro atoms. The number of nitrogens with zero attached hydrogens (tertiary/aromatic N) is 2. The molecule has 0 unspecified atom stereocenters. The van der Waals surface area contributed by atoms with E-state index in [2.05, 4.69) is 15.6 Å². The average Bonchev–Trinajstić information content (AvgIpc) is 2.89. The van der Waals surface area contributed by atoms with Gasteiger partial charge in [-0.05, 0) is 49.5 Å². The van der Waals surface area contributed by atoms with Crippen molar-refractivity contribution in [3.63, 3.8) is 0 Å². The zero-order chi connectivity index (χ0) is 19.8. The number of fused-ring (bicyclic) bond motifs is 1. The molecule has 0 aliphatic heterocycles. The second-order valence-corrected chi connectivity index (χ2v) is 7.85. The topological polar surface area (TPSA) is 111 Å². The van der Waals surface area contributed by atoms with Crippen LogP contribution in [0.2, 0.25) is 0 Å². The van der Waals surface area contributed by atoms with Crippen LogP contribution in [0.5, 0.6) is 5.75 Å². The van der Waals surface area contributed by atoms with Crippen LogP contribution < -0.4 is 20.5 Å². The van der Waals surface area contributed by atoms with Gasteiger partial charge in [0.1, 0.15) is 11.6 Å². The summed E-state index contributed by atoms with van der Waals surface area (Å²) < 4.78 is 30.4. The Morgan fingerprint density at radius 2 is 1.93 bits per heavy atom. The maximum Gasteiger partial charge on any atom is 0.238 e. The summed E-state index contributed by atoms with van der Waals surface area (Å²) >= 11 is 5.39. The zero-order valence-electron chi connectivity index (χ0n) is 15.0. The lowest BCUT2D eigenvalue weighted by Crippen LogP contribution is -2.20. The Morgan fingerprint density at radius 1 is 1.22 bits per heavy atom. The van der Waals surface area contributed by atoms with Crippen molar-refractivity contribution in [3.05, 3.63) is 42.2 Å². The van der Waals surface area contributed by atoms with Crippen molar-refractivity contribution in [2.45, 2.75) is 11.8 Å². The Labute approximate surface area is 162 Å². The summed E-state index contributed by atoms with van der Waals surface area (Å²) in [5, 5.41) is 11.5. The first-order valence-corrected chi connectivity index (χ1v) is 9.87. The predicted octanol–water partition coefficient (Wildman–Crippen LogP) is 2.35. The average molecular weight is 406 g/mol. The number of aromatic nitrogens is 2. The Morgan fingerprint density at radius 3 is 2.59 bits per heavy atom. The number of sulfonamides is 1. The van der Waals surface area contributed by atoms with E-state index in [1.807, 2.05) is 36.7 Å². The van der Waals surface area contributed by atoms with Gasteiger partial charge in [0.2, 0.25) is 10.0 Å². The number of hydrogen-bond donors (Lipinski definition) is 3. The van der Waals surface area contributed by atoms with Gasteiger partial charge in [-0.2, -0.15) is 0 Å². The normalized spacial score (nSPS) is 11.4. The first kappa shape index (κ1) is 19.1. The number of nitrogens with one attached hydrogen (secondary N) is 2. The monoisotopic (exact) mass is 405 g/mol. The molecule has 10 heteroatoms. The molecule has 4 N–H and O–H groups in total. The third kappa shape index (κ3) is 3.87. The summed E-state index contributed by atoms with van der Waals surface area (Å²) in [6.45, 7) is 1.92. The standard InChI is InChI=1S/C17H19N5O3S2/c1-10-19-12-5-4-6-13(16(12)22(10)2)20-17(26)21-14-9-11(27(18,23)24)7-8-15(14)25-3/h4-9H,1-3H3,(H2,18,23,24)(H2,20,21,26). The Bertz CT molecular complexity index is 1140. The Hall–Kier alpha value is -2.69. The van der Waals surface area contributed by atoms with Gasteiger partial charge in [0.25, 0.3) is 0 Å². The number of imidazole rings is 1. The Balaban J connectivity index is 1.91. The minimum Gasteiger partial charge on any atom is -0.495 e. The van der Waals surface area contributed by atoms with Crippen LogP contribution in [0.15, 0.2) is 41.3 Å². The van der Waals surface area contributed by atoms with Crippen LogP contribution in [-0.4, -0.2) is 30.2 Å². The van der Waals surface area contributed by atoms with Gasteiger partial charge in [-0.3, -0.25) is 0 Å². The molecule has 142 valence electrons. The second-order valence-electron chi connectivity index (χ2n) is 5.88. The van der Waals surface area contributed by atoms with Crippen molar-refractivity contribution in [2.75, 3.05) is 17.7 Å². The van der Waals surface area contributed by atoms with Crippen molar-refractivity contribution in [1.29, 1.82) is 0 Å². The highest BCUT2D eigenvalue weighted by Crippen LogP contribution is 2.28. The largest absolute Gasteiger partial charge is 0.495 e. The highest BCUT2D eigenvalue weighted by molar-refractivity contribution is 7.89. The van der Waals surface area contributed by atoms with Crippen molar-refractivity contribution in [3.8, 4) is 5.75 Å². The Kier molecular flexibility index (Phi) is 5.05. The highest BCUT2D eigenvalue weighted by Gasteiger charge is 2.14. The highest BCUT2D eigenvalue weighted by atomic mass is 32.2. The number of thiocarbonyl (C=S) groups is 1. The fourth-order valence-corrected chi connectivity index (χ4v) is 3.48. The number of rotatable bonds is 4. The van der Waals surface area contributed by atoms with Gasteiger partial charge in [0.05, 0.1) is 34.4 Å². The van der Waals surface area contributed by atoms with E-state index in [0.717, 1.165) is 22.5 Å². The van der Waals surface area contributed by atoms with Gasteiger partial charge in [-0.25, -0.2) is 18.5 Å². The number of benzene rings is 2. The van der Waals surface area contributed by atoms with E-state index in [9.17, 15) is 8.42 Å². The van der Waals surface area contributed by atoms with Gasteiger partial charge in [-0.15, -0.1) is 0 Å². The van der Waals surface area contributed by atoms with E-state index >= 15 is 0 Å². The van der Waals surface area contributed by atoms with E-state index in [4.69, 9.17) is 22.1 Å². The van der Waals surface area contributed by atoms with Crippen molar-refractivity contribution in [2.24, 2.45) is 12.2 Å². The predicted molar refractivity (Wildman–Crippen MR) is 110 cm³/mol. The summed E-state index contributed by atoms with van der Waals surface area (Å²) in [4.78, 5) is 4.45. The van der Waals surface area contributed by atoms with Crippen molar-refractivity contribution < 1.29 is 13.2 Å². The van der Waals surface area contributed by atoms with Crippen LogP contribution in [0.1, 0.15) is 5.82 Å². The molecular weight excluding hydrogens is 386 g/mol. The molecule has 3 aromatic rings. The molecule has 0 bridgehead atoms. The number of para-hydroxylation sites is 1. The van der Waals surface area contributed by atoms with Crippen LogP contribution in [-0.2, 0) is 17.1 Å². The molecule has 1 heterocycles. The summed E-state index contributed by atoms with van der Waals surface area (Å²) in [6, 6.07) is 9.93. The van der Waals surface area contributed by atoms with E-state index in [0.29, 0.717) is 11.4 Å². The first-order valence-electron chi connectivity index (χ1n) is 7.91. The second kappa shape index (κ2) is 7.14. The van der Waals surface area contributed by atoms with E-state index < -0.39 is 10.0 Å². The fourth-order valence-electron chi connectivity index (χ4n) is 2.72. The first-order chi connectivity index (χ1) is 12.7. The summed E-state index contributed by atoms with van der Waals surface area (Å²) in [6.07, 6.45) is 0. The maximum atomic E-state index is 11.6. The maximum absolute atomic E-state index is 11.6. The third-order valence-corrected chi connectivity index (χ3v) is 5.23. The molecule has 0 atom stereocenters. The summed E-state index contributed by atoms with van der Waals surface area (Å²) in [5.74, 6) is 1.31. The van der Waals surface area contributed by atoms with Crippen molar-refractivity contribution in [1.82, 2.24) is 9.55 Å². The van der Waals surface area contributed by atoms with Gasteiger partial charge < -0.3 is 19.9 Å². The zero-order valence-corrected chi connectivity index (χ0v) is 16.6. The lowest BCUT2D eigenvalue weighted by molar-refractivity contribution is 0.416. The molecule has 1 aromatic heterocycles. The smallest absolute Gasteiger partial charge is 0.238 e. The van der Waals surface area contributed by atoms with E-state index in [-0.39, 0.29) is 10.0 Å². The molecule has 0 amide bonds. The SMILES string of the molecule is COc1ccc(S(N)(=O)=O)cc1NC(=S)Nc1cccc2nc(C)n(C)c12. The molecule has 8 nitrogen and oxygen atoms in total. The minimum absolute atomic E-state index is 0.0436. The number of anilines is 2. The minimum atomic E-state index is -3.85. The lowest BCUT2D eigenvalue weighted by Gasteiger charge is -2.15. The number of aryl methyl sites for hydroxylation is 2. The number of primary sulfonamides is 1. The number of ether oxygens (including phenoxy) is 1. The van der Waals surface area contributed by atoms with E-state index in [1.165, 1.54) is 25.3 Å². The summed E-state index contributed by atoms with van der Waals surface area (Å²) in [5.41, 5.74) is 2.91. The third-order valence-electron chi connectivity index (χ3n) is 4.11. The molecule has 3 rings (SSSR count). The summed E-state index contributed by atoms with van der Waals surface area (Å²) in [7, 11) is -0.447. The van der Waals surface area contributed by atoms with Crippen molar-refractivity contribution >= 4 is 49.8 Å². The van der Waals surface area contributed by atoms with Crippen LogP contribution in [0.25, 0.3) is 11.0 Å². The molecular formula is C17H19N5O3S2. The molecule has 0 fully saturated rings. The number of nitrogens with two attached hydrogens (primary N) is 1. The van der Waals surface area contributed by atoms with Crippen LogP contribution in [0.3, 0.4) is 0 Å². The molecule has 0 radical (unpaired) electrons. The van der Waals surface area contributed by atoms with Crippen LogP contribution in [0, 0.1) is 6.92 Å².